The molecule has 0 radical (unpaired) electrons. The van der Waals surface area contributed by atoms with Crippen molar-refractivity contribution in [3.63, 3.8) is 0 Å². The number of anilines is 1. The number of nitrogens with one attached hydrogen (secondary N) is 2. The first-order valence-electron chi connectivity index (χ1n) is 20.1. The molecular formula is C41H55F3N4O7. The molecule has 14 heteroatoms. The molecule has 302 valence electrons. The predicted molar refractivity (Wildman–Crippen MR) is 198 cm³/mol. The van der Waals surface area contributed by atoms with Gasteiger partial charge in [0.05, 0.1) is 17.7 Å². The lowest BCUT2D eigenvalue weighted by Crippen LogP contribution is -2.50. The highest BCUT2D eigenvalue weighted by atomic mass is 19.3. The topological polar surface area (TPSA) is 128 Å². The number of alkyl halides is 3. The molecular weight excluding hydrogens is 717 g/mol. The van der Waals surface area contributed by atoms with Gasteiger partial charge >= 0.3 is 12.1 Å². The van der Waals surface area contributed by atoms with Crippen LogP contribution < -0.4 is 10.6 Å². The summed E-state index contributed by atoms with van der Waals surface area (Å²) in [6, 6.07) is 5.61. The number of fused-ring (bicyclic) bond motifs is 4. The second-order valence-electron chi connectivity index (χ2n) is 17.5. The third kappa shape index (κ3) is 8.07. The molecule has 3 saturated carbocycles. The van der Waals surface area contributed by atoms with Crippen molar-refractivity contribution in [3.05, 3.63) is 30.0 Å². The summed E-state index contributed by atoms with van der Waals surface area (Å²) in [5.41, 5.74) is -0.378. The fourth-order valence-corrected chi connectivity index (χ4v) is 10.1. The lowest BCUT2D eigenvalue weighted by atomic mass is 9.75. The summed E-state index contributed by atoms with van der Waals surface area (Å²) in [5.74, 6) is -3.91. The lowest BCUT2D eigenvalue weighted by molar-refractivity contribution is -0.142. The number of methoxy groups -OCH3 is 1. The second kappa shape index (κ2) is 15.3. The Bertz CT molecular complexity index is 1770. The zero-order valence-corrected chi connectivity index (χ0v) is 32.3. The van der Waals surface area contributed by atoms with Crippen LogP contribution in [0.15, 0.2) is 24.3 Å². The van der Waals surface area contributed by atoms with Gasteiger partial charge in [0.25, 0.3) is 0 Å². The number of benzene rings is 1. The van der Waals surface area contributed by atoms with Crippen molar-refractivity contribution in [2.24, 2.45) is 23.7 Å². The number of halogens is 3. The average molecular weight is 773 g/mol. The molecule has 55 heavy (non-hydrogen) atoms. The highest BCUT2D eigenvalue weighted by Crippen LogP contribution is 2.49. The Morgan fingerprint density at radius 3 is 2.29 bits per heavy atom. The summed E-state index contributed by atoms with van der Waals surface area (Å²) < 4.78 is 60.8. The van der Waals surface area contributed by atoms with E-state index in [9.17, 15) is 32.3 Å². The molecule has 1 saturated heterocycles. The predicted octanol–water partition coefficient (Wildman–Crippen LogP) is 7.70. The van der Waals surface area contributed by atoms with Gasteiger partial charge in [0.1, 0.15) is 24.0 Å². The number of alkyl carbamates (subject to hydrolysis) is 1. The Labute approximate surface area is 320 Å². The fourth-order valence-electron chi connectivity index (χ4n) is 10.1. The summed E-state index contributed by atoms with van der Waals surface area (Å²) in [4.78, 5) is 55.8. The van der Waals surface area contributed by atoms with Crippen molar-refractivity contribution < 1.29 is 46.6 Å². The van der Waals surface area contributed by atoms with E-state index in [4.69, 9.17) is 14.2 Å². The third-order valence-corrected chi connectivity index (χ3v) is 12.9. The highest BCUT2D eigenvalue weighted by molar-refractivity contribution is 6.02. The molecule has 1 aromatic carbocycles. The van der Waals surface area contributed by atoms with Gasteiger partial charge in [-0.05, 0) is 121 Å². The van der Waals surface area contributed by atoms with Gasteiger partial charge in [-0.15, -0.1) is 0 Å². The third-order valence-electron chi connectivity index (χ3n) is 12.9. The van der Waals surface area contributed by atoms with Gasteiger partial charge in [-0.25, -0.2) is 22.8 Å². The van der Waals surface area contributed by atoms with Crippen molar-refractivity contribution in [1.29, 1.82) is 0 Å². The number of carbonyl (C=O) groups is 4. The van der Waals surface area contributed by atoms with Gasteiger partial charge < -0.3 is 29.7 Å². The Kier molecular flexibility index (Phi) is 10.9. The van der Waals surface area contributed by atoms with Crippen molar-refractivity contribution >= 4 is 40.5 Å². The van der Waals surface area contributed by atoms with Gasteiger partial charge in [0.15, 0.2) is 5.72 Å². The maximum atomic E-state index is 14.4. The Balaban J connectivity index is 1.07. The summed E-state index contributed by atoms with van der Waals surface area (Å²) in [7, 11) is 1.72. The molecule has 4 fully saturated rings. The molecule has 1 aromatic heterocycles. The Morgan fingerprint density at radius 2 is 1.65 bits per heavy atom. The first-order chi connectivity index (χ1) is 26.1. The van der Waals surface area contributed by atoms with E-state index in [1.54, 1.807) is 61.6 Å². The first kappa shape index (κ1) is 39.4. The van der Waals surface area contributed by atoms with Gasteiger partial charge in [0.2, 0.25) is 17.7 Å². The smallest absolute Gasteiger partial charge is 0.407 e. The number of likely N-dealkylation sites (tertiary alicyclic amines) is 1. The minimum absolute atomic E-state index is 0.0152. The van der Waals surface area contributed by atoms with E-state index in [-0.39, 0.29) is 67.3 Å². The van der Waals surface area contributed by atoms with E-state index in [1.165, 1.54) is 0 Å². The zero-order valence-electron chi connectivity index (χ0n) is 32.3. The maximum Gasteiger partial charge on any atom is 0.407 e. The molecule has 3 atom stereocenters. The summed E-state index contributed by atoms with van der Waals surface area (Å²) in [6.07, 6.45) is 5.32. The van der Waals surface area contributed by atoms with Crippen LogP contribution in [-0.2, 0) is 29.5 Å². The number of aromatic nitrogens is 1. The Hall–Kier alpha value is -3.81. The van der Waals surface area contributed by atoms with Crippen LogP contribution in [0.1, 0.15) is 115 Å². The molecule has 11 nitrogen and oxygen atoms in total. The van der Waals surface area contributed by atoms with Crippen LogP contribution in [0.25, 0.3) is 10.9 Å². The van der Waals surface area contributed by atoms with Gasteiger partial charge in [-0.1, -0.05) is 0 Å². The number of nitrogens with zero attached hydrogens (tertiary/aromatic N) is 2. The number of carbonyl (C=O) groups excluding carboxylic acids is 4. The van der Waals surface area contributed by atoms with Crippen LogP contribution in [0.5, 0.6) is 0 Å². The number of rotatable bonds is 8. The molecule has 5 aliphatic rings. The number of amides is 3. The molecule has 3 heterocycles. The molecule has 0 bridgehead atoms. The van der Waals surface area contributed by atoms with E-state index in [1.807, 2.05) is 0 Å². The van der Waals surface area contributed by atoms with E-state index in [0.29, 0.717) is 60.9 Å². The maximum absolute atomic E-state index is 14.4. The minimum Gasteiger partial charge on any atom is -0.444 e. The van der Waals surface area contributed by atoms with Crippen LogP contribution >= 0.6 is 0 Å². The lowest BCUT2D eigenvalue weighted by Gasteiger charge is -2.38. The van der Waals surface area contributed by atoms with E-state index in [2.05, 4.69) is 10.6 Å². The molecule has 0 unspecified atom stereocenters. The fraction of sp³-hybridized carbons (Fsp3) is 0.707. The normalized spacial score (nSPS) is 29.4. The van der Waals surface area contributed by atoms with Crippen LogP contribution in [-0.4, -0.2) is 83.4 Å². The monoisotopic (exact) mass is 772 g/mol. The van der Waals surface area contributed by atoms with E-state index in [0.717, 1.165) is 25.7 Å². The number of hydrogen-bond donors (Lipinski definition) is 2. The summed E-state index contributed by atoms with van der Waals surface area (Å²) in [6.45, 7) is 4.99. The molecule has 3 amide bonds. The molecule has 7 rings (SSSR count). The van der Waals surface area contributed by atoms with E-state index >= 15 is 0 Å². The minimum atomic E-state index is -2.80. The highest BCUT2D eigenvalue weighted by Gasteiger charge is 2.53. The van der Waals surface area contributed by atoms with Crippen molar-refractivity contribution in [2.75, 3.05) is 25.6 Å². The van der Waals surface area contributed by atoms with Gasteiger partial charge in [0, 0.05) is 56.3 Å². The second-order valence-corrected chi connectivity index (χ2v) is 17.5. The van der Waals surface area contributed by atoms with Crippen LogP contribution in [0.3, 0.4) is 0 Å². The molecule has 2 aliphatic heterocycles. The Morgan fingerprint density at radius 1 is 0.964 bits per heavy atom. The van der Waals surface area contributed by atoms with Gasteiger partial charge in [-0.2, -0.15) is 0 Å². The quantitative estimate of drug-likeness (QED) is 0.263. The standard InChI is InChI=1S/C41H55F3N4O7/c1-39(2,3)55-38(52)46-31(23-42)25-5-7-26(8-6-25)36(50)47-20-15-30(24-9-12-29(53-4)13-10-24)34(47)35(49)45-28-11-14-32-27(21-28)22-33-37(51)54-41(48(32)33)18-16-40(43,44)17-19-41/h11,14,21-22,24-26,29-31,34H,5-10,12-13,15-20,23H2,1-4H3,(H,45,49)(H,46,52)/t24?,25?,26?,29?,30-,31+,34-/m0/s1. The molecule has 2 aromatic rings. The van der Waals surface area contributed by atoms with Crippen molar-refractivity contribution in [2.45, 2.75) is 140 Å². The molecule has 2 N–H and O–H groups in total. The first-order valence-corrected chi connectivity index (χ1v) is 20.1. The van der Waals surface area contributed by atoms with E-state index < -0.39 is 48.1 Å². The van der Waals surface area contributed by atoms with Crippen LogP contribution in [0.4, 0.5) is 23.7 Å². The summed E-state index contributed by atoms with van der Waals surface area (Å²) in [5, 5.41) is 6.46. The largest absolute Gasteiger partial charge is 0.444 e. The molecule has 1 spiro atoms. The molecule has 3 aliphatic carbocycles. The van der Waals surface area contributed by atoms with Crippen LogP contribution in [0, 0.1) is 23.7 Å². The van der Waals surface area contributed by atoms with Crippen molar-refractivity contribution in [1.82, 2.24) is 14.8 Å². The van der Waals surface area contributed by atoms with Gasteiger partial charge in [-0.3, -0.25) is 14.2 Å². The zero-order chi connectivity index (χ0) is 39.3. The number of esters is 1. The van der Waals surface area contributed by atoms with Crippen molar-refractivity contribution in [3.8, 4) is 0 Å². The van der Waals surface area contributed by atoms with Crippen LogP contribution in [0.2, 0.25) is 0 Å². The number of ether oxygens (including phenoxy) is 3. The number of hydrogen-bond acceptors (Lipinski definition) is 7. The summed E-state index contributed by atoms with van der Waals surface area (Å²) >= 11 is 0. The average Bonchev–Trinajstić information content (AvgIpc) is 3.84. The SMILES string of the molecule is COC1CCC([C@@H]2CCN(C(=O)C3CCC([C@@H](CF)NC(=O)OC(C)(C)C)CC3)[C@@H]2C(=O)Nc2ccc3c(c2)cc2n3C3(CCC(F)(F)CC3)OC2=O)CC1.